The second kappa shape index (κ2) is 7.78. The third-order valence-electron chi connectivity index (χ3n) is 2.50. The molecule has 0 aliphatic heterocycles. The number of urea groups is 1. The number of hydrogen-bond donors (Lipinski definition) is 3. The highest BCUT2D eigenvalue weighted by atomic mass is 79.9. The number of rotatable bonds is 4. The minimum atomic E-state index is -0.396. The van der Waals surface area contributed by atoms with E-state index < -0.39 is 6.03 Å². The van der Waals surface area contributed by atoms with E-state index in [2.05, 4.69) is 38.5 Å². The molecule has 0 saturated carbocycles. The second-order valence-corrected chi connectivity index (χ2v) is 4.99. The molecule has 0 heterocycles. The van der Waals surface area contributed by atoms with Gasteiger partial charge in [0, 0.05) is 11.0 Å². The number of nitrogens with zero attached hydrogens (tertiary/aromatic N) is 1. The maximum absolute atomic E-state index is 11.8. The van der Waals surface area contributed by atoms with E-state index in [1.807, 2.05) is 25.1 Å². The van der Waals surface area contributed by atoms with Crippen LogP contribution in [0.1, 0.15) is 25.3 Å². The predicted molar refractivity (Wildman–Crippen MR) is 82.4 cm³/mol. The SMILES string of the molecule is CCCCN=C(N)NC(=O)Nc1c(C)cccc1Br. The van der Waals surface area contributed by atoms with Crippen molar-refractivity contribution in [2.45, 2.75) is 26.7 Å². The summed E-state index contributed by atoms with van der Waals surface area (Å²) in [5, 5.41) is 5.24. The minimum Gasteiger partial charge on any atom is -0.370 e. The van der Waals surface area contributed by atoms with Crippen LogP contribution in [-0.2, 0) is 0 Å². The lowest BCUT2D eigenvalue weighted by atomic mass is 10.2. The van der Waals surface area contributed by atoms with Gasteiger partial charge >= 0.3 is 6.03 Å². The van der Waals surface area contributed by atoms with Gasteiger partial charge in [-0.05, 0) is 40.9 Å². The lowest BCUT2D eigenvalue weighted by Crippen LogP contribution is -2.39. The summed E-state index contributed by atoms with van der Waals surface area (Å²) in [5.41, 5.74) is 7.30. The molecule has 0 aromatic heterocycles. The summed E-state index contributed by atoms with van der Waals surface area (Å²) >= 11 is 3.39. The Kier molecular flexibility index (Phi) is 6.35. The quantitative estimate of drug-likeness (QED) is 0.451. The number of guanidine groups is 1. The largest absolute Gasteiger partial charge is 0.370 e. The average Bonchev–Trinajstić information content (AvgIpc) is 2.34. The Hall–Kier alpha value is -1.56. The highest BCUT2D eigenvalue weighted by Gasteiger charge is 2.08. The van der Waals surface area contributed by atoms with Gasteiger partial charge in [-0.1, -0.05) is 25.5 Å². The highest BCUT2D eigenvalue weighted by molar-refractivity contribution is 9.10. The minimum absolute atomic E-state index is 0.135. The standard InChI is InChI=1S/C13H19BrN4O/c1-3-4-8-16-12(15)18-13(19)17-11-9(2)6-5-7-10(11)14/h5-7H,3-4,8H2,1-2H3,(H4,15,16,17,18,19). The molecule has 0 unspecified atom stereocenters. The molecule has 1 aromatic rings. The number of nitrogens with one attached hydrogen (secondary N) is 2. The summed E-state index contributed by atoms with van der Waals surface area (Å²) in [5.74, 6) is 0.135. The molecule has 0 radical (unpaired) electrons. The van der Waals surface area contributed by atoms with Crippen LogP contribution >= 0.6 is 15.9 Å². The summed E-state index contributed by atoms with van der Waals surface area (Å²) < 4.78 is 0.823. The number of halogens is 1. The zero-order valence-electron chi connectivity index (χ0n) is 11.2. The van der Waals surface area contributed by atoms with E-state index >= 15 is 0 Å². The van der Waals surface area contributed by atoms with Crippen LogP contribution < -0.4 is 16.4 Å². The molecule has 0 saturated heterocycles. The van der Waals surface area contributed by atoms with Gasteiger partial charge in [-0.2, -0.15) is 0 Å². The fraction of sp³-hybridized carbons (Fsp3) is 0.385. The van der Waals surface area contributed by atoms with Crippen molar-refractivity contribution >= 4 is 33.6 Å². The van der Waals surface area contributed by atoms with Crippen LogP contribution in [0.3, 0.4) is 0 Å². The van der Waals surface area contributed by atoms with Gasteiger partial charge in [-0.25, -0.2) is 4.79 Å². The van der Waals surface area contributed by atoms with Gasteiger partial charge in [0.2, 0.25) is 0 Å². The average molecular weight is 327 g/mol. The Morgan fingerprint density at radius 3 is 2.84 bits per heavy atom. The number of hydrogen-bond acceptors (Lipinski definition) is 2. The third kappa shape index (κ3) is 5.30. The molecule has 0 fully saturated rings. The van der Waals surface area contributed by atoms with Gasteiger partial charge in [-0.15, -0.1) is 0 Å². The predicted octanol–water partition coefficient (Wildman–Crippen LogP) is 2.99. The van der Waals surface area contributed by atoms with Crippen LogP contribution in [0, 0.1) is 6.92 Å². The molecule has 0 aliphatic rings. The van der Waals surface area contributed by atoms with Gasteiger partial charge in [0.25, 0.3) is 0 Å². The van der Waals surface area contributed by atoms with Crippen molar-refractivity contribution in [2.75, 3.05) is 11.9 Å². The van der Waals surface area contributed by atoms with Gasteiger partial charge in [-0.3, -0.25) is 10.3 Å². The van der Waals surface area contributed by atoms with Crippen LogP contribution in [0.25, 0.3) is 0 Å². The molecule has 5 nitrogen and oxygen atoms in total. The molecule has 1 rings (SSSR count). The summed E-state index contributed by atoms with van der Waals surface area (Å²) in [6, 6.07) is 5.29. The van der Waals surface area contributed by atoms with Crippen LogP contribution in [-0.4, -0.2) is 18.5 Å². The monoisotopic (exact) mass is 326 g/mol. The van der Waals surface area contributed by atoms with Gasteiger partial charge in [0.05, 0.1) is 5.69 Å². The molecule has 104 valence electrons. The molecular weight excluding hydrogens is 308 g/mol. The van der Waals surface area contributed by atoms with E-state index in [9.17, 15) is 4.79 Å². The summed E-state index contributed by atoms with van der Waals surface area (Å²) in [7, 11) is 0. The summed E-state index contributed by atoms with van der Waals surface area (Å²) in [6.07, 6.45) is 1.99. The van der Waals surface area contributed by atoms with E-state index in [0.717, 1.165) is 28.6 Å². The Balaban J connectivity index is 2.58. The fourth-order valence-electron chi connectivity index (χ4n) is 1.45. The summed E-state index contributed by atoms with van der Waals surface area (Å²) in [6.45, 7) is 4.61. The Bertz CT molecular complexity index is 453. The maximum Gasteiger partial charge on any atom is 0.326 e. The van der Waals surface area contributed by atoms with Crippen molar-refractivity contribution in [2.24, 2.45) is 10.7 Å². The van der Waals surface area contributed by atoms with Crippen LogP contribution in [0.4, 0.5) is 10.5 Å². The first-order valence-electron chi connectivity index (χ1n) is 6.17. The number of carbonyl (C=O) groups excluding carboxylic acids is 1. The maximum atomic E-state index is 11.8. The smallest absolute Gasteiger partial charge is 0.326 e. The number of anilines is 1. The Labute approximate surface area is 121 Å². The number of amides is 2. The van der Waals surface area contributed by atoms with Gasteiger partial charge in [0.1, 0.15) is 0 Å². The van der Waals surface area contributed by atoms with Crippen LogP contribution in [0.15, 0.2) is 27.7 Å². The number of unbranched alkanes of at least 4 members (excludes halogenated alkanes) is 1. The Morgan fingerprint density at radius 1 is 1.47 bits per heavy atom. The van der Waals surface area contributed by atoms with E-state index in [0.29, 0.717) is 6.54 Å². The molecule has 0 aliphatic carbocycles. The topological polar surface area (TPSA) is 79.5 Å². The number of nitrogens with two attached hydrogens (primary N) is 1. The van der Waals surface area contributed by atoms with E-state index in [1.165, 1.54) is 0 Å². The van der Waals surface area contributed by atoms with Crippen LogP contribution in [0.2, 0.25) is 0 Å². The number of aliphatic imine (C=N–C) groups is 1. The molecule has 0 bridgehead atoms. The molecule has 0 spiro atoms. The van der Waals surface area contributed by atoms with Crippen LogP contribution in [0.5, 0.6) is 0 Å². The van der Waals surface area contributed by atoms with Crippen molar-refractivity contribution in [1.82, 2.24) is 5.32 Å². The lowest BCUT2D eigenvalue weighted by Gasteiger charge is -2.11. The molecule has 2 amide bonds. The summed E-state index contributed by atoms with van der Waals surface area (Å²) in [4.78, 5) is 15.8. The third-order valence-corrected chi connectivity index (χ3v) is 3.16. The van der Waals surface area contributed by atoms with Crippen molar-refractivity contribution in [3.63, 3.8) is 0 Å². The van der Waals surface area contributed by atoms with Gasteiger partial charge < -0.3 is 11.1 Å². The molecule has 1 aromatic carbocycles. The molecule has 4 N–H and O–H groups in total. The van der Waals surface area contributed by atoms with E-state index in [-0.39, 0.29) is 5.96 Å². The number of aryl methyl sites for hydroxylation is 1. The molecule has 19 heavy (non-hydrogen) atoms. The Morgan fingerprint density at radius 2 is 2.21 bits per heavy atom. The normalized spacial score (nSPS) is 11.2. The van der Waals surface area contributed by atoms with Crippen molar-refractivity contribution in [1.29, 1.82) is 0 Å². The fourth-order valence-corrected chi connectivity index (χ4v) is 2.01. The van der Waals surface area contributed by atoms with Crippen molar-refractivity contribution < 1.29 is 4.79 Å². The second-order valence-electron chi connectivity index (χ2n) is 4.13. The molecular formula is C13H19BrN4O. The van der Waals surface area contributed by atoms with E-state index in [4.69, 9.17) is 5.73 Å². The number of carbonyl (C=O) groups is 1. The van der Waals surface area contributed by atoms with Crippen molar-refractivity contribution in [3.05, 3.63) is 28.2 Å². The van der Waals surface area contributed by atoms with E-state index in [1.54, 1.807) is 0 Å². The lowest BCUT2D eigenvalue weighted by molar-refractivity contribution is 0.256. The van der Waals surface area contributed by atoms with Crippen molar-refractivity contribution in [3.8, 4) is 0 Å². The number of para-hydroxylation sites is 1. The molecule has 0 atom stereocenters. The first-order chi connectivity index (χ1) is 9.04. The highest BCUT2D eigenvalue weighted by Crippen LogP contribution is 2.25. The zero-order valence-corrected chi connectivity index (χ0v) is 12.8. The number of benzene rings is 1. The van der Waals surface area contributed by atoms with Gasteiger partial charge in [0.15, 0.2) is 5.96 Å². The molecule has 6 heteroatoms. The first-order valence-corrected chi connectivity index (χ1v) is 6.97. The zero-order chi connectivity index (χ0) is 14.3. The first kappa shape index (κ1) is 15.5.